The van der Waals surface area contributed by atoms with Crippen molar-refractivity contribution < 1.29 is 0 Å². The Bertz CT molecular complexity index is 504. The maximum absolute atomic E-state index is 4.51. The molecule has 0 aliphatic heterocycles. The van der Waals surface area contributed by atoms with E-state index >= 15 is 0 Å². The highest BCUT2D eigenvalue weighted by Crippen LogP contribution is 2.24. The second-order valence-corrected chi connectivity index (χ2v) is 4.78. The van der Waals surface area contributed by atoms with Crippen molar-refractivity contribution in [2.75, 3.05) is 11.9 Å². The monoisotopic (exact) mass is 227 g/mol. The van der Waals surface area contributed by atoms with Crippen LogP contribution in [0.2, 0.25) is 0 Å². The first-order valence-electron chi connectivity index (χ1n) is 6.37. The zero-order valence-electron chi connectivity index (χ0n) is 9.89. The van der Waals surface area contributed by atoms with Gasteiger partial charge >= 0.3 is 0 Å². The molecule has 1 heterocycles. The number of hydrogen-bond donors (Lipinski definition) is 1. The SMILES string of the molecule is c1ccc2nc(NCC3CCCC3)ncc2c1. The van der Waals surface area contributed by atoms with Crippen molar-refractivity contribution in [1.82, 2.24) is 9.97 Å². The van der Waals surface area contributed by atoms with Crippen molar-refractivity contribution in [2.45, 2.75) is 25.7 Å². The Morgan fingerprint density at radius 2 is 2.00 bits per heavy atom. The van der Waals surface area contributed by atoms with E-state index < -0.39 is 0 Å². The molecule has 0 unspecified atom stereocenters. The average molecular weight is 227 g/mol. The number of anilines is 1. The fraction of sp³-hybridized carbons (Fsp3) is 0.429. The highest BCUT2D eigenvalue weighted by atomic mass is 15.1. The normalized spacial score (nSPS) is 16.5. The average Bonchev–Trinajstić information content (AvgIpc) is 2.89. The third-order valence-electron chi connectivity index (χ3n) is 3.51. The second kappa shape index (κ2) is 4.70. The van der Waals surface area contributed by atoms with E-state index in [1.54, 1.807) is 0 Å². The summed E-state index contributed by atoms with van der Waals surface area (Å²) in [6.45, 7) is 1.01. The lowest BCUT2D eigenvalue weighted by molar-refractivity contribution is 0.578. The third kappa shape index (κ3) is 2.38. The lowest BCUT2D eigenvalue weighted by atomic mass is 10.1. The predicted molar refractivity (Wildman–Crippen MR) is 70.0 cm³/mol. The Morgan fingerprint density at radius 1 is 1.18 bits per heavy atom. The van der Waals surface area contributed by atoms with Gasteiger partial charge in [-0.15, -0.1) is 0 Å². The van der Waals surface area contributed by atoms with E-state index in [9.17, 15) is 0 Å². The fourth-order valence-corrected chi connectivity index (χ4v) is 2.51. The molecule has 0 atom stereocenters. The quantitative estimate of drug-likeness (QED) is 0.874. The Hall–Kier alpha value is -1.64. The van der Waals surface area contributed by atoms with E-state index in [1.807, 2.05) is 30.5 Å². The molecule has 0 radical (unpaired) electrons. The lowest BCUT2D eigenvalue weighted by Crippen LogP contribution is -2.12. The van der Waals surface area contributed by atoms with Gasteiger partial charge in [0.05, 0.1) is 5.52 Å². The van der Waals surface area contributed by atoms with Gasteiger partial charge in [-0.1, -0.05) is 31.0 Å². The van der Waals surface area contributed by atoms with E-state index in [4.69, 9.17) is 0 Å². The molecule has 17 heavy (non-hydrogen) atoms. The van der Waals surface area contributed by atoms with Crippen molar-refractivity contribution >= 4 is 16.9 Å². The summed E-state index contributed by atoms with van der Waals surface area (Å²) in [6, 6.07) is 8.08. The van der Waals surface area contributed by atoms with E-state index in [1.165, 1.54) is 25.7 Å². The number of benzene rings is 1. The molecule has 1 aliphatic rings. The minimum Gasteiger partial charge on any atom is -0.354 e. The molecule has 0 amide bonds. The van der Waals surface area contributed by atoms with Crippen molar-refractivity contribution in [3.05, 3.63) is 30.5 Å². The molecule has 0 spiro atoms. The van der Waals surface area contributed by atoms with Crippen molar-refractivity contribution in [3.8, 4) is 0 Å². The van der Waals surface area contributed by atoms with Crippen molar-refractivity contribution in [3.63, 3.8) is 0 Å². The lowest BCUT2D eigenvalue weighted by Gasteiger charge is -2.10. The van der Waals surface area contributed by atoms with Gasteiger partial charge < -0.3 is 5.32 Å². The van der Waals surface area contributed by atoms with Crippen LogP contribution < -0.4 is 5.32 Å². The van der Waals surface area contributed by atoms with Gasteiger partial charge in [-0.05, 0) is 24.8 Å². The number of hydrogen-bond acceptors (Lipinski definition) is 3. The number of rotatable bonds is 3. The number of nitrogens with zero attached hydrogens (tertiary/aromatic N) is 2. The van der Waals surface area contributed by atoms with E-state index in [0.717, 1.165) is 29.3 Å². The Balaban J connectivity index is 1.72. The van der Waals surface area contributed by atoms with Crippen molar-refractivity contribution in [2.24, 2.45) is 5.92 Å². The molecule has 1 aliphatic carbocycles. The van der Waals surface area contributed by atoms with E-state index in [2.05, 4.69) is 15.3 Å². The van der Waals surface area contributed by atoms with E-state index in [-0.39, 0.29) is 0 Å². The Labute approximate surface area is 101 Å². The van der Waals surface area contributed by atoms with Crippen LogP contribution in [0.3, 0.4) is 0 Å². The van der Waals surface area contributed by atoms with Gasteiger partial charge in [0.2, 0.25) is 5.95 Å². The third-order valence-corrected chi connectivity index (χ3v) is 3.51. The van der Waals surface area contributed by atoms with Crippen LogP contribution in [0.1, 0.15) is 25.7 Å². The van der Waals surface area contributed by atoms with Crippen LogP contribution in [0.5, 0.6) is 0 Å². The van der Waals surface area contributed by atoms with E-state index in [0.29, 0.717) is 0 Å². The molecule has 1 N–H and O–H groups in total. The number of nitrogens with one attached hydrogen (secondary N) is 1. The Kier molecular flexibility index (Phi) is 2.90. The molecule has 3 nitrogen and oxygen atoms in total. The molecule has 0 bridgehead atoms. The van der Waals surface area contributed by atoms with Crippen LogP contribution in [-0.2, 0) is 0 Å². The smallest absolute Gasteiger partial charge is 0.223 e. The molecule has 3 rings (SSSR count). The summed E-state index contributed by atoms with van der Waals surface area (Å²) >= 11 is 0. The van der Waals surface area contributed by atoms with Gasteiger partial charge in [-0.2, -0.15) is 0 Å². The second-order valence-electron chi connectivity index (χ2n) is 4.78. The van der Waals surface area contributed by atoms with Crippen LogP contribution >= 0.6 is 0 Å². The topological polar surface area (TPSA) is 37.8 Å². The minimum absolute atomic E-state index is 0.760. The zero-order chi connectivity index (χ0) is 11.5. The van der Waals surface area contributed by atoms with Crippen LogP contribution in [0, 0.1) is 5.92 Å². The molecular formula is C14H17N3. The van der Waals surface area contributed by atoms with Crippen LogP contribution in [0.25, 0.3) is 10.9 Å². The molecule has 0 saturated heterocycles. The predicted octanol–water partition coefficient (Wildman–Crippen LogP) is 3.23. The summed E-state index contributed by atoms with van der Waals surface area (Å²) in [6.07, 6.45) is 7.34. The molecule has 1 fully saturated rings. The number of fused-ring (bicyclic) bond motifs is 1. The summed E-state index contributed by atoms with van der Waals surface area (Å²) in [7, 11) is 0. The van der Waals surface area contributed by atoms with Gasteiger partial charge in [0.25, 0.3) is 0 Å². The molecule has 1 aromatic carbocycles. The highest BCUT2D eigenvalue weighted by Gasteiger charge is 2.14. The highest BCUT2D eigenvalue weighted by molar-refractivity contribution is 5.78. The van der Waals surface area contributed by atoms with Gasteiger partial charge in [0, 0.05) is 18.1 Å². The Morgan fingerprint density at radius 3 is 2.88 bits per heavy atom. The summed E-state index contributed by atoms with van der Waals surface area (Å²) in [5.41, 5.74) is 1.01. The van der Waals surface area contributed by atoms with Gasteiger partial charge in [-0.3, -0.25) is 0 Å². The summed E-state index contributed by atoms with van der Waals surface area (Å²) in [4.78, 5) is 8.86. The van der Waals surface area contributed by atoms with Crippen LogP contribution in [-0.4, -0.2) is 16.5 Å². The zero-order valence-corrected chi connectivity index (χ0v) is 9.89. The largest absolute Gasteiger partial charge is 0.354 e. The maximum atomic E-state index is 4.51. The standard InChI is InChI=1S/C14H17N3/c1-2-6-11(5-1)9-15-14-16-10-12-7-3-4-8-13(12)17-14/h3-4,7-8,10-11H,1-2,5-6,9H2,(H,15,16,17). The number of para-hydroxylation sites is 1. The molecular weight excluding hydrogens is 210 g/mol. The first-order chi connectivity index (χ1) is 8.42. The minimum atomic E-state index is 0.760. The molecule has 2 aromatic rings. The molecule has 88 valence electrons. The van der Waals surface area contributed by atoms with Gasteiger partial charge in [0.15, 0.2) is 0 Å². The molecule has 1 aromatic heterocycles. The van der Waals surface area contributed by atoms with Gasteiger partial charge in [-0.25, -0.2) is 9.97 Å². The summed E-state index contributed by atoms with van der Waals surface area (Å²) in [5.74, 6) is 1.57. The first kappa shape index (κ1) is 10.5. The fourth-order valence-electron chi connectivity index (χ4n) is 2.51. The van der Waals surface area contributed by atoms with Crippen molar-refractivity contribution in [1.29, 1.82) is 0 Å². The van der Waals surface area contributed by atoms with Gasteiger partial charge in [0.1, 0.15) is 0 Å². The number of aromatic nitrogens is 2. The first-order valence-corrected chi connectivity index (χ1v) is 6.37. The summed E-state index contributed by atoms with van der Waals surface area (Å²) < 4.78 is 0. The molecule has 3 heteroatoms. The van der Waals surface area contributed by atoms with Crippen LogP contribution in [0.15, 0.2) is 30.5 Å². The summed E-state index contributed by atoms with van der Waals surface area (Å²) in [5, 5.41) is 4.45. The molecule has 1 saturated carbocycles. The maximum Gasteiger partial charge on any atom is 0.223 e. The van der Waals surface area contributed by atoms with Crippen LogP contribution in [0.4, 0.5) is 5.95 Å².